The smallest absolute Gasteiger partial charge is 0.180 e. The third-order valence-corrected chi connectivity index (χ3v) is 1.87. The van der Waals surface area contributed by atoms with Crippen LogP contribution >= 0.6 is 0 Å². The summed E-state index contributed by atoms with van der Waals surface area (Å²) in [6.07, 6.45) is 3.33. The van der Waals surface area contributed by atoms with Gasteiger partial charge in [0.05, 0.1) is 11.9 Å². The molecule has 0 amide bonds. The number of nitrogens with zero attached hydrogens (tertiary/aromatic N) is 4. The van der Waals surface area contributed by atoms with Crippen molar-refractivity contribution >= 4 is 17.2 Å². The minimum Gasteiger partial charge on any atom is -0.394 e. The zero-order valence-electron chi connectivity index (χ0n) is 7.60. The van der Waals surface area contributed by atoms with Gasteiger partial charge in [0.25, 0.3) is 0 Å². The van der Waals surface area contributed by atoms with Crippen molar-refractivity contribution < 1.29 is 0 Å². The molecule has 68 valence electrons. The highest BCUT2D eigenvalue weighted by atomic mass is 15.3. The zero-order valence-corrected chi connectivity index (χ0v) is 7.60. The van der Waals surface area contributed by atoms with Gasteiger partial charge in [-0.05, 0) is 6.07 Å². The molecule has 0 aliphatic heterocycles. The maximum atomic E-state index is 5.68. The molecule has 2 aromatic heterocycles. The number of nitrogen functional groups attached to an aromatic ring is 1. The van der Waals surface area contributed by atoms with Crippen molar-refractivity contribution in [2.45, 2.75) is 0 Å². The summed E-state index contributed by atoms with van der Waals surface area (Å²) in [6.45, 7) is 0. The maximum Gasteiger partial charge on any atom is 0.180 e. The lowest BCUT2D eigenvalue weighted by atomic mass is 10.5. The predicted octanol–water partition coefficient (Wildman–Crippen LogP) is 0.377. The van der Waals surface area contributed by atoms with Gasteiger partial charge in [-0.25, -0.2) is 4.98 Å². The fraction of sp³-hybridized carbons (Fsp3) is 0.250. The highest BCUT2D eigenvalue weighted by Gasteiger charge is 2.06. The van der Waals surface area contributed by atoms with Crippen molar-refractivity contribution in [3.05, 3.63) is 18.5 Å². The van der Waals surface area contributed by atoms with Crippen molar-refractivity contribution in [1.82, 2.24) is 14.6 Å². The monoisotopic (exact) mass is 177 g/mol. The summed E-state index contributed by atoms with van der Waals surface area (Å²) in [5, 5.41) is 4.13. The van der Waals surface area contributed by atoms with Crippen LogP contribution in [-0.4, -0.2) is 28.7 Å². The van der Waals surface area contributed by atoms with E-state index in [0.717, 1.165) is 5.82 Å². The second-order valence-corrected chi connectivity index (χ2v) is 3.03. The molecule has 2 rings (SSSR count). The summed E-state index contributed by atoms with van der Waals surface area (Å²) in [6, 6.07) is 1.89. The van der Waals surface area contributed by atoms with Gasteiger partial charge in [-0.15, -0.1) is 0 Å². The van der Waals surface area contributed by atoms with Gasteiger partial charge in [0.15, 0.2) is 5.65 Å². The molecule has 0 fully saturated rings. The standard InChI is InChI=1S/C8H11N5/c1-12(2)7-3-4-10-8-6(9)5-11-13(7)8/h3-5H,9H2,1-2H3. The normalized spacial score (nSPS) is 10.6. The number of rotatable bonds is 1. The lowest BCUT2D eigenvalue weighted by Crippen LogP contribution is -2.13. The zero-order chi connectivity index (χ0) is 9.42. The number of aromatic nitrogens is 3. The molecule has 0 aromatic carbocycles. The first-order valence-electron chi connectivity index (χ1n) is 3.95. The molecular formula is C8H11N5. The molecule has 5 heteroatoms. The summed E-state index contributed by atoms with van der Waals surface area (Å²) in [7, 11) is 3.90. The van der Waals surface area contributed by atoms with E-state index in [0.29, 0.717) is 11.3 Å². The molecule has 0 saturated heterocycles. The van der Waals surface area contributed by atoms with E-state index in [2.05, 4.69) is 10.1 Å². The SMILES string of the molecule is CN(C)c1ccnc2c(N)cnn12. The topological polar surface area (TPSA) is 59.5 Å². The van der Waals surface area contributed by atoms with Crippen LogP contribution in [0.25, 0.3) is 5.65 Å². The van der Waals surface area contributed by atoms with Gasteiger partial charge in [-0.2, -0.15) is 9.61 Å². The Balaban J connectivity index is 2.77. The van der Waals surface area contributed by atoms with Crippen molar-refractivity contribution in [3.8, 4) is 0 Å². The number of hydrogen-bond acceptors (Lipinski definition) is 4. The highest BCUT2D eigenvalue weighted by Crippen LogP contribution is 2.15. The summed E-state index contributed by atoms with van der Waals surface area (Å²) in [5.74, 6) is 0.960. The van der Waals surface area contributed by atoms with Crippen molar-refractivity contribution in [2.24, 2.45) is 0 Å². The van der Waals surface area contributed by atoms with Crippen LogP contribution in [0.5, 0.6) is 0 Å². The average molecular weight is 177 g/mol. The van der Waals surface area contributed by atoms with Crippen LogP contribution in [-0.2, 0) is 0 Å². The van der Waals surface area contributed by atoms with Gasteiger partial charge in [0, 0.05) is 20.3 Å². The van der Waals surface area contributed by atoms with Gasteiger partial charge < -0.3 is 10.6 Å². The first-order valence-corrected chi connectivity index (χ1v) is 3.95. The molecule has 0 unspecified atom stereocenters. The average Bonchev–Trinajstić information content (AvgIpc) is 2.48. The Bertz CT molecular complexity index is 431. The molecule has 2 aromatic rings. The molecule has 0 aliphatic rings. The molecule has 0 spiro atoms. The third kappa shape index (κ3) is 1.09. The Morgan fingerprint density at radius 3 is 2.92 bits per heavy atom. The first kappa shape index (κ1) is 7.85. The molecule has 0 radical (unpaired) electrons. The Morgan fingerprint density at radius 2 is 2.23 bits per heavy atom. The Labute approximate surface area is 75.8 Å². The van der Waals surface area contributed by atoms with Crippen LogP contribution in [0.2, 0.25) is 0 Å². The molecule has 13 heavy (non-hydrogen) atoms. The van der Waals surface area contributed by atoms with Gasteiger partial charge >= 0.3 is 0 Å². The molecule has 0 atom stereocenters. The second-order valence-electron chi connectivity index (χ2n) is 3.03. The molecule has 5 nitrogen and oxygen atoms in total. The highest BCUT2D eigenvalue weighted by molar-refractivity contribution is 5.65. The van der Waals surface area contributed by atoms with Crippen molar-refractivity contribution in [3.63, 3.8) is 0 Å². The van der Waals surface area contributed by atoms with Crippen LogP contribution in [0.15, 0.2) is 18.5 Å². The minimum atomic E-state index is 0.601. The first-order chi connectivity index (χ1) is 6.20. The van der Waals surface area contributed by atoms with Gasteiger partial charge in [0.2, 0.25) is 0 Å². The van der Waals surface area contributed by atoms with Crippen LogP contribution in [0.1, 0.15) is 0 Å². The maximum absolute atomic E-state index is 5.68. The molecule has 2 N–H and O–H groups in total. The van der Waals surface area contributed by atoms with E-state index in [4.69, 9.17) is 5.73 Å². The third-order valence-electron chi connectivity index (χ3n) is 1.87. The van der Waals surface area contributed by atoms with E-state index < -0.39 is 0 Å². The summed E-state index contributed by atoms with van der Waals surface area (Å²) >= 11 is 0. The fourth-order valence-corrected chi connectivity index (χ4v) is 1.24. The van der Waals surface area contributed by atoms with Gasteiger partial charge in [-0.3, -0.25) is 0 Å². The fourth-order valence-electron chi connectivity index (χ4n) is 1.24. The second kappa shape index (κ2) is 2.62. The lowest BCUT2D eigenvalue weighted by Gasteiger charge is -2.12. The Kier molecular flexibility index (Phi) is 1.58. The summed E-state index contributed by atoms with van der Waals surface area (Å²) < 4.78 is 1.72. The van der Waals surface area contributed by atoms with Gasteiger partial charge in [0.1, 0.15) is 5.82 Å². The molecule has 0 aliphatic carbocycles. The van der Waals surface area contributed by atoms with E-state index in [1.54, 1.807) is 16.9 Å². The molecule has 2 heterocycles. The minimum absolute atomic E-state index is 0.601. The molecular weight excluding hydrogens is 166 g/mol. The van der Waals surface area contributed by atoms with Crippen LogP contribution < -0.4 is 10.6 Å². The number of anilines is 2. The summed E-state index contributed by atoms with van der Waals surface area (Å²) in [4.78, 5) is 6.09. The molecule has 0 bridgehead atoms. The van der Waals surface area contributed by atoms with Crippen LogP contribution in [0.3, 0.4) is 0 Å². The number of hydrogen-bond donors (Lipinski definition) is 1. The van der Waals surface area contributed by atoms with E-state index in [9.17, 15) is 0 Å². The Morgan fingerprint density at radius 1 is 1.46 bits per heavy atom. The predicted molar refractivity (Wildman–Crippen MR) is 51.7 cm³/mol. The number of nitrogens with two attached hydrogens (primary N) is 1. The van der Waals surface area contributed by atoms with E-state index >= 15 is 0 Å². The van der Waals surface area contributed by atoms with Crippen LogP contribution in [0, 0.1) is 0 Å². The van der Waals surface area contributed by atoms with E-state index in [-0.39, 0.29) is 0 Å². The van der Waals surface area contributed by atoms with Crippen molar-refractivity contribution in [2.75, 3.05) is 24.7 Å². The lowest BCUT2D eigenvalue weighted by molar-refractivity contribution is 0.896. The quantitative estimate of drug-likeness (QED) is 0.684. The van der Waals surface area contributed by atoms with Crippen molar-refractivity contribution in [1.29, 1.82) is 0 Å². The largest absolute Gasteiger partial charge is 0.394 e. The molecule has 0 saturated carbocycles. The summed E-state index contributed by atoms with van der Waals surface area (Å²) in [5.41, 5.74) is 6.98. The van der Waals surface area contributed by atoms with E-state index in [1.807, 2.05) is 25.1 Å². The van der Waals surface area contributed by atoms with E-state index in [1.165, 1.54) is 0 Å². The van der Waals surface area contributed by atoms with Gasteiger partial charge in [-0.1, -0.05) is 0 Å². The number of fused-ring (bicyclic) bond motifs is 1. The van der Waals surface area contributed by atoms with Crippen LogP contribution in [0.4, 0.5) is 11.5 Å². The Hall–Kier alpha value is -1.78.